The molecular weight excluding hydrogens is 356 g/mol. The second-order valence-corrected chi connectivity index (χ2v) is 7.50. The molecular formula is C21H28N4O3. The number of aromatic nitrogens is 1. The van der Waals surface area contributed by atoms with Crippen LogP contribution in [0, 0.1) is 16.0 Å². The number of rotatable bonds is 8. The van der Waals surface area contributed by atoms with Gasteiger partial charge in [-0.05, 0) is 50.5 Å². The maximum atomic E-state index is 12.8. The lowest BCUT2D eigenvalue weighted by Crippen LogP contribution is -2.35. The number of carbonyl (C=O) groups is 1. The first kappa shape index (κ1) is 21.3. The molecule has 150 valence electrons. The van der Waals surface area contributed by atoms with Crippen LogP contribution in [-0.4, -0.2) is 33.8 Å². The number of nitro groups is 1. The molecule has 1 amide bonds. The van der Waals surface area contributed by atoms with E-state index in [0.717, 1.165) is 12.1 Å². The molecule has 0 bridgehead atoms. The number of hydrogen-bond acceptors (Lipinski definition) is 5. The van der Waals surface area contributed by atoms with Gasteiger partial charge in [0.15, 0.2) is 0 Å². The number of nitro benzene ring substituents is 1. The normalized spacial score (nSPS) is 13.1. The van der Waals surface area contributed by atoms with Gasteiger partial charge < -0.3 is 10.2 Å². The number of hydrogen-bond donors (Lipinski definition) is 1. The molecule has 0 spiro atoms. The van der Waals surface area contributed by atoms with Gasteiger partial charge in [0.1, 0.15) is 5.69 Å². The van der Waals surface area contributed by atoms with Crippen molar-refractivity contribution in [1.29, 1.82) is 0 Å². The molecule has 2 atom stereocenters. The summed E-state index contributed by atoms with van der Waals surface area (Å²) in [5, 5.41) is 14.7. The molecule has 7 nitrogen and oxygen atoms in total. The molecule has 0 aliphatic rings. The van der Waals surface area contributed by atoms with Crippen molar-refractivity contribution in [3.05, 3.63) is 64.0 Å². The highest BCUT2D eigenvalue weighted by atomic mass is 16.6. The lowest BCUT2D eigenvalue weighted by Gasteiger charge is -2.26. The van der Waals surface area contributed by atoms with Crippen molar-refractivity contribution in [3.63, 3.8) is 0 Å². The molecule has 7 heteroatoms. The van der Waals surface area contributed by atoms with E-state index in [1.54, 1.807) is 30.3 Å². The monoisotopic (exact) mass is 384 g/mol. The van der Waals surface area contributed by atoms with E-state index >= 15 is 0 Å². The van der Waals surface area contributed by atoms with Crippen LogP contribution in [0.1, 0.15) is 56.2 Å². The van der Waals surface area contributed by atoms with E-state index in [2.05, 4.69) is 24.1 Å². The standard InChI is InChI=1S/C21H28N4O3/c1-14(2)12-15(3)24(5)21(26)17-9-10-19(20(13-17)25(27)28)23-16(4)18-8-6-7-11-22-18/h6-11,13-16,23H,12H2,1-5H3. The highest BCUT2D eigenvalue weighted by molar-refractivity contribution is 5.95. The molecule has 1 N–H and O–H groups in total. The van der Waals surface area contributed by atoms with Gasteiger partial charge in [-0.15, -0.1) is 0 Å². The maximum absolute atomic E-state index is 12.8. The van der Waals surface area contributed by atoms with Crippen LogP contribution in [0.4, 0.5) is 11.4 Å². The Bertz CT molecular complexity index is 824. The van der Waals surface area contributed by atoms with Crippen LogP contribution in [0.3, 0.4) is 0 Å². The van der Waals surface area contributed by atoms with Crippen molar-refractivity contribution in [1.82, 2.24) is 9.88 Å². The first-order valence-corrected chi connectivity index (χ1v) is 9.43. The van der Waals surface area contributed by atoms with E-state index in [4.69, 9.17) is 0 Å². The molecule has 0 aliphatic heterocycles. The van der Waals surface area contributed by atoms with Gasteiger partial charge in [-0.1, -0.05) is 19.9 Å². The van der Waals surface area contributed by atoms with Gasteiger partial charge in [-0.3, -0.25) is 19.9 Å². The van der Waals surface area contributed by atoms with Crippen LogP contribution in [0.2, 0.25) is 0 Å². The van der Waals surface area contributed by atoms with Gasteiger partial charge in [0, 0.05) is 30.9 Å². The number of carbonyl (C=O) groups excluding carboxylic acids is 1. The largest absolute Gasteiger partial charge is 0.371 e. The zero-order chi connectivity index (χ0) is 20.8. The van der Waals surface area contributed by atoms with Crippen molar-refractivity contribution in [2.45, 2.75) is 46.2 Å². The average molecular weight is 384 g/mol. The number of anilines is 1. The molecule has 1 aromatic heterocycles. The summed E-state index contributed by atoms with van der Waals surface area (Å²) in [6.45, 7) is 8.06. The summed E-state index contributed by atoms with van der Waals surface area (Å²) in [6.07, 6.45) is 2.55. The number of amides is 1. The summed E-state index contributed by atoms with van der Waals surface area (Å²) >= 11 is 0. The van der Waals surface area contributed by atoms with Gasteiger partial charge >= 0.3 is 0 Å². The van der Waals surface area contributed by atoms with Crippen LogP contribution < -0.4 is 5.32 Å². The van der Waals surface area contributed by atoms with Gasteiger partial charge in [0.25, 0.3) is 11.6 Å². The fourth-order valence-corrected chi connectivity index (χ4v) is 3.12. The minimum Gasteiger partial charge on any atom is -0.371 e. The molecule has 0 saturated heterocycles. The Morgan fingerprint density at radius 1 is 1.21 bits per heavy atom. The Morgan fingerprint density at radius 3 is 2.50 bits per heavy atom. The Morgan fingerprint density at radius 2 is 1.93 bits per heavy atom. The first-order valence-electron chi connectivity index (χ1n) is 9.43. The van der Waals surface area contributed by atoms with Crippen molar-refractivity contribution < 1.29 is 9.72 Å². The minimum atomic E-state index is -0.470. The Balaban J connectivity index is 2.25. The maximum Gasteiger partial charge on any atom is 0.293 e. The Hall–Kier alpha value is -2.96. The second kappa shape index (κ2) is 9.30. The molecule has 0 fully saturated rings. The SMILES string of the molecule is CC(C)CC(C)N(C)C(=O)c1ccc(NC(C)c2ccccn2)c([N+](=O)[O-])c1. The first-order chi connectivity index (χ1) is 13.2. The summed E-state index contributed by atoms with van der Waals surface area (Å²) in [5.74, 6) is 0.236. The number of nitrogens with one attached hydrogen (secondary N) is 1. The predicted molar refractivity (Wildman–Crippen MR) is 110 cm³/mol. The fraction of sp³-hybridized carbons (Fsp3) is 0.429. The van der Waals surface area contributed by atoms with Crippen molar-refractivity contribution in [3.8, 4) is 0 Å². The lowest BCUT2D eigenvalue weighted by atomic mass is 10.0. The van der Waals surface area contributed by atoms with Gasteiger partial charge in [0.05, 0.1) is 16.7 Å². The summed E-state index contributed by atoms with van der Waals surface area (Å²) in [7, 11) is 1.73. The van der Waals surface area contributed by atoms with Crippen LogP contribution in [-0.2, 0) is 0 Å². The van der Waals surface area contributed by atoms with Crippen molar-refractivity contribution in [2.24, 2.45) is 5.92 Å². The van der Waals surface area contributed by atoms with Gasteiger partial charge in [-0.25, -0.2) is 0 Å². The zero-order valence-electron chi connectivity index (χ0n) is 17.0. The van der Waals surface area contributed by atoms with Crippen LogP contribution in [0.25, 0.3) is 0 Å². The molecule has 1 heterocycles. The second-order valence-electron chi connectivity index (χ2n) is 7.50. The lowest BCUT2D eigenvalue weighted by molar-refractivity contribution is -0.384. The zero-order valence-corrected chi connectivity index (χ0v) is 17.0. The third-order valence-electron chi connectivity index (χ3n) is 4.74. The quantitative estimate of drug-likeness (QED) is 0.528. The summed E-state index contributed by atoms with van der Waals surface area (Å²) < 4.78 is 0. The molecule has 2 rings (SSSR count). The van der Waals surface area contributed by atoms with E-state index in [-0.39, 0.29) is 23.7 Å². The molecule has 2 aromatic rings. The van der Waals surface area contributed by atoms with Crippen LogP contribution in [0.15, 0.2) is 42.6 Å². The van der Waals surface area contributed by atoms with E-state index in [0.29, 0.717) is 17.2 Å². The third kappa shape index (κ3) is 5.28. The van der Waals surface area contributed by atoms with Gasteiger partial charge in [-0.2, -0.15) is 0 Å². The summed E-state index contributed by atoms with van der Waals surface area (Å²) in [6, 6.07) is 9.93. The van der Waals surface area contributed by atoms with Gasteiger partial charge in [0.2, 0.25) is 0 Å². The predicted octanol–water partition coefficient (Wildman–Crippen LogP) is 4.67. The molecule has 0 radical (unpaired) electrons. The molecule has 2 unspecified atom stereocenters. The smallest absolute Gasteiger partial charge is 0.293 e. The molecule has 0 aliphatic carbocycles. The summed E-state index contributed by atoms with van der Waals surface area (Å²) in [4.78, 5) is 29.8. The Kier molecular flexibility index (Phi) is 7.09. The molecule has 28 heavy (non-hydrogen) atoms. The number of pyridine rings is 1. The van der Waals surface area contributed by atoms with Crippen LogP contribution in [0.5, 0.6) is 0 Å². The highest BCUT2D eigenvalue weighted by Crippen LogP contribution is 2.29. The molecule has 1 aromatic carbocycles. The van der Waals surface area contributed by atoms with E-state index in [9.17, 15) is 14.9 Å². The average Bonchev–Trinajstić information content (AvgIpc) is 2.67. The van der Waals surface area contributed by atoms with E-state index in [1.165, 1.54) is 6.07 Å². The number of nitrogens with zero attached hydrogens (tertiary/aromatic N) is 3. The minimum absolute atomic E-state index is 0.0496. The van der Waals surface area contributed by atoms with E-state index in [1.807, 2.05) is 32.0 Å². The molecule has 0 saturated carbocycles. The van der Waals surface area contributed by atoms with Crippen molar-refractivity contribution in [2.75, 3.05) is 12.4 Å². The fourth-order valence-electron chi connectivity index (χ4n) is 3.12. The van der Waals surface area contributed by atoms with Crippen molar-refractivity contribution >= 4 is 17.3 Å². The summed E-state index contributed by atoms with van der Waals surface area (Å²) in [5.41, 5.74) is 1.32. The van der Waals surface area contributed by atoms with E-state index < -0.39 is 4.92 Å². The third-order valence-corrected chi connectivity index (χ3v) is 4.74. The van der Waals surface area contributed by atoms with Crippen LogP contribution >= 0.6 is 0 Å². The Labute approximate surface area is 165 Å². The highest BCUT2D eigenvalue weighted by Gasteiger charge is 2.23. The number of benzene rings is 1. The topological polar surface area (TPSA) is 88.4 Å².